The van der Waals surface area contributed by atoms with Crippen LogP contribution in [0.4, 0.5) is 0 Å². The minimum atomic E-state index is -0.126. The van der Waals surface area contributed by atoms with Crippen molar-refractivity contribution in [2.45, 2.75) is 38.5 Å². The Morgan fingerprint density at radius 1 is 0.189 bits per heavy atom. The molecule has 0 saturated carbocycles. The average molecular weight is 1560 g/mol. The van der Waals surface area contributed by atoms with Crippen LogP contribution in [0.15, 0.2) is 385 Å². The molecule has 0 radical (unpaired) electrons. The zero-order valence-corrected chi connectivity index (χ0v) is 67.4. The molecule has 3 aliphatic carbocycles. The van der Waals surface area contributed by atoms with Gasteiger partial charge in [0.25, 0.3) is 0 Å². The van der Waals surface area contributed by atoms with Crippen LogP contribution in [0.5, 0.6) is 0 Å². The molecular weight excluding hydrogens is 1480 g/mol. The zero-order chi connectivity index (χ0) is 80.3. The molecule has 122 heavy (non-hydrogen) atoms. The third-order valence-electron chi connectivity index (χ3n) is 27.9. The number of rotatable bonds is 6. The van der Waals surface area contributed by atoms with E-state index >= 15 is 0 Å². The summed E-state index contributed by atoms with van der Waals surface area (Å²) in [5.41, 5.74) is 38.5. The number of aromatic nitrogens is 4. The standard InChI is InChI=1S/C61H38N2O.C55H36N2O/c1-61(2)51-21-10-8-17-40(51)45-31-48-47-30-36(24-27-55(47)63(56(48)33-52(45)61)53-28-25-43-39-16-7-6-15-38(39)42-19-12-20-44(53)60(42)43)35-23-26-54-46(29-35)49-32-50-41-18-9-11-22-58(41)64-59(50)34-57(49)62(54)37-13-4-3-5-14-37;1-55(2)47-18-10-8-16-39(47)41-29-44-42-27-36(22-25-50(42)57(51(44)31-48(41)55)38-23-20-33-12-6-7-13-34(33)26-38)35-21-24-49-43(28-35)45-30-46-40-17-9-11-19-53(40)58-54(46)32-52(45)56(49)37-14-4-3-5-15-37/h3-34H,1-2H3;3-32H,1-2H3. The first-order valence-electron chi connectivity index (χ1n) is 42.5. The van der Waals surface area contributed by atoms with Gasteiger partial charge in [-0.1, -0.05) is 252 Å². The van der Waals surface area contributed by atoms with E-state index in [1.807, 2.05) is 12.1 Å². The van der Waals surface area contributed by atoms with Gasteiger partial charge in [-0.3, -0.25) is 0 Å². The van der Waals surface area contributed by atoms with Gasteiger partial charge in [-0.25, -0.2) is 0 Å². The number of hydrogen-bond acceptors (Lipinski definition) is 2. The van der Waals surface area contributed by atoms with Crippen molar-refractivity contribution in [1.29, 1.82) is 0 Å². The summed E-state index contributed by atoms with van der Waals surface area (Å²) in [6.45, 7) is 9.51. The Hall–Kier alpha value is -15.5. The molecule has 25 aromatic rings. The first-order valence-corrected chi connectivity index (χ1v) is 42.5. The van der Waals surface area contributed by atoms with Gasteiger partial charge in [-0.2, -0.15) is 0 Å². The molecule has 6 aromatic heterocycles. The molecule has 6 heteroatoms. The van der Waals surface area contributed by atoms with Gasteiger partial charge >= 0.3 is 0 Å². The van der Waals surface area contributed by atoms with Crippen LogP contribution >= 0.6 is 0 Å². The lowest BCUT2D eigenvalue weighted by Gasteiger charge is -2.22. The molecule has 0 fully saturated rings. The quantitative estimate of drug-likeness (QED) is 0.167. The summed E-state index contributed by atoms with van der Waals surface area (Å²) < 4.78 is 22.7. The van der Waals surface area contributed by atoms with Crippen LogP contribution in [0.3, 0.4) is 0 Å². The fourth-order valence-corrected chi connectivity index (χ4v) is 22.2. The molecular formula is C116H74N4O2. The van der Waals surface area contributed by atoms with Crippen LogP contribution in [0.1, 0.15) is 49.9 Å². The van der Waals surface area contributed by atoms with Crippen molar-refractivity contribution in [3.05, 3.63) is 398 Å². The van der Waals surface area contributed by atoms with Crippen molar-refractivity contribution in [2.24, 2.45) is 0 Å². The van der Waals surface area contributed by atoms with Gasteiger partial charge in [-0.05, 0) is 245 Å². The second-order valence-corrected chi connectivity index (χ2v) is 35.0. The molecule has 28 rings (SSSR count). The van der Waals surface area contributed by atoms with E-state index in [-0.39, 0.29) is 10.8 Å². The summed E-state index contributed by atoms with van der Waals surface area (Å²) in [5, 5.41) is 19.6. The lowest BCUT2D eigenvalue weighted by molar-refractivity contribution is 0.661. The monoisotopic (exact) mass is 1550 g/mol. The lowest BCUT2D eigenvalue weighted by atomic mass is 9.82. The van der Waals surface area contributed by atoms with Crippen LogP contribution in [0.25, 0.3) is 242 Å². The highest BCUT2D eigenvalue weighted by atomic mass is 16.3. The van der Waals surface area contributed by atoms with Crippen molar-refractivity contribution < 1.29 is 8.83 Å². The van der Waals surface area contributed by atoms with Gasteiger partial charge < -0.3 is 27.1 Å². The van der Waals surface area contributed by atoms with E-state index in [0.717, 1.165) is 66.3 Å². The molecule has 0 atom stereocenters. The molecule has 0 saturated heterocycles. The number of para-hydroxylation sites is 4. The molecule has 570 valence electrons. The van der Waals surface area contributed by atoms with E-state index < -0.39 is 0 Å². The molecule has 6 nitrogen and oxygen atoms in total. The topological polar surface area (TPSA) is 46.0 Å². The maximum Gasteiger partial charge on any atom is 0.137 e. The highest BCUT2D eigenvalue weighted by Crippen LogP contribution is 2.56. The van der Waals surface area contributed by atoms with Gasteiger partial charge in [0.2, 0.25) is 0 Å². The molecule has 6 heterocycles. The summed E-state index contributed by atoms with van der Waals surface area (Å²) >= 11 is 0. The van der Waals surface area contributed by atoms with Gasteiger partial charge in [0.15, 0.2) is 0 Å². The van der Waals surface area contributed by atoms with Crippen molar-refractivity contribution >= 4 is 153 Å². The number of hydrogen-bond donors (Lipinski definition) is 0. The third kappa shape index (κ3) is 9.32. The summed E-state index contributed by atoms with van der Waals surface area (Å²) in [5.74, 6) is 0. The highest BCUT2D eigenvalue weighted by Gasteiger charge is 2.39. The van der Waals surface area contributed by atoms with Gasteiger partial charge in [0, 0.05) is 110 Å². The first kappa shape index (κ1) is 67.5. The first-order chi connectivity index (χ1) is 60.0. The highest BCUT2D eigenvalue weighted by molar-refractivity contribution is 6.23. The van der Waals surface area contributed by atoms with Crippen molar-refractivity contribution in [3.8, 4) is 89.5 Å². The minimum absolute atomic E-state index is 0.0986. The van der Waals surface area contributed by atoms with Gasteiger partial charge in [0.05, 0.1) is 49.8 Å². The van der Waals surface area contributed by atoms with E-state index in [1.54, 1.807) is 0 Å². The predicted octanol–water partition coefficient (Wildman–Crippen LogP) is 31.5. The Labute approximate surface area is 701 Å². The Morgan fingerprint density at radius 3 is 1.07 bits per heavy atom. The summed E-state index contributed by atoms with van der Waals surface area (Å²) in [6.07, 6.45) is 0. The van der Waals surface area contributed by atoms with E-state index in [0.29, 0.717) is 0 Å². The molecule has 19 aromatic carbocycles. The Bertz CT molecular complexity index is 8930. The average Bonchev–Trinajstić information content (AvgIpc) is 1.54. The van der Waals surface area contributed by atoms with Crippen LogP contribution < -0.4 is 0 Å². The number of benzene rings is 19. The van der Waals surface area contributed by atoms with Crippen molar-refractivity contribution in [3.63, 3.8) is 0 Å². The van der Waals surface area contributed by atoms with Crippen LogP contribution in [-0.2, 0) is 10.8 Å². The second-order valence-electron chi connectivity index (χ2n) is 35.0. The van der Waals surface area contributed by atoms with Crippen LogP contribution in [0.2, 0.25) is 0 Å². The fourth-order valence-electron chi connectivity index (χ4n) is 22.2. The Balaban J connectivity index is 0.000000129. The zero-order valence-electron chi connectivity index (χ0n) is 67.4. The maximum absolute atomic E-state index is 6.45. The molecule has 0 unspecified atom stereocenters. The molecule has 0 aliphatic heterocycles. The smallest absolute Gasteiger partial charge is 0.137 e. The predicted molar refractivity (Wildman–Crippen MR) is 510 cm³/mol. The summed E-state index contributed by atoms with van der Waals surface area (Å²) in [7, 11) is 0. The molecule has 0 N–H and O–H groups in total. The number of fused-ring (bicyclic) bond motifs is 28. The van der Waals surface area contributed by atoms with Crippen LogP contribution in [0, 0.1) is 0 Å². The maximum atomic E-state index is 6.45. The normalized spacial score (nSPS) is 13.5. The number of furan rings is 2. The van der Waals surface area contributed by atoms with E-state index in [1.165, 1.54) is 198 Å². The molecule has 0 amide bonds. The number of nitrogens with zero attached hydrogens (tertiary/aromatic N) is 4. The van der Waals surface area contributed by atoms with Gasteiger partial charge in [-0.15, -0.1) is 0 Å². The molecule has 0 bridgehead atoms. The summed E-state index contributed by atoms with van der Waals surface area (Å²) in [4.78, 5) is 0. The summed E-state index contributed by atoms with van der Waals surface area (Å²) in [6, 6.07) is 139. The van der Waals surface area contributed by atoms with Crippen molar-refractivity contribution in [2.75, 3.05) is 0 Å². The fraction of sp³-hybridized carbons (Fsp3) is 0.0517. The van der Waals surface area contributed by atoms with Gasteiger partial charge in [0.1, 0.15) is 22.3 Å². The Kier molecular flexibility index (Phi) is 13.6. The third-order valence-corrected chi connectivity index (χ3v) is 27.9. The minimum Gasteiger partial charge on any atom is -0.456 e. The van der Waals surface area contributed by atoms with Crippen molar-refractivity contribution in [1.82, 2.24) is 18.3 Å². The Morgan fingerprint density at radius 2 is 0.566 bits per heavy atom. The van der Waals surface area contributed by atoms with E-state index in [4.69, 9.17) is 8.83 Å². The second kappa shape index (κ2) is 24.6. The van der Waals surface area contributed by atoms with Crippen LogP contribution in [-0.4, -0.2) is 18.3 Å². The lowest BCUT2D eigenvalue weighted by Crippen LogP contribution is -2.15. The van der Waals surface area contributed by atoms with E-state index in [2.05, 4.69) is 410 Å². The molecule has 3 aliphatic rings. The van der Waals surface area contributed by atoms with E-state index in [9.17, 15) is 0 Å². The molecule has 0 spiro atoms. The largest absolute Gasteiger partial charge is 0.456 e. The SMILES string of the molecule is CC1(C)c2ccccc2-c2cc3c4cc(-c5ccc6c(c5)c5cc7c(cc5n6-c5ccccc5)oc5ccccc57)ccc4n(-c4ccc5c6c(cccc46)-c4ccccc4-5)c3cc21.CC1(C)c2ccccc2-c2cc3c4cc(-c5ccc6c(c5)c5cc7c(cc5n6-c5ccccc5)oc5ccccc57)ccc4n(-c4ccc5ccccc5c4)c3cc21.